The van der Waals surface area contributed by atoms with Gasteiger partial charge in [-0.1, -0.05) is 20.8 Å². The molecule has 2 heterocycles. The summed E-state index contributed by atoms with van der Waals surface area (Å²) in [6.07, 6.45) is 0. The Kier molecular flexibility index (Phi) is 2.97. The van der Waals surface area contributed by atoms with Crippen LogP contribution in [-0.2, 0) is 4.79 Å². The molecule has 18 heavy (non-hydrogen) atoms. The van der Waals surface area contributed by atoms with E-state index in [1.54, 1.807) is 20.8 Å². The Morgan fingerprint density at radius 2 is 2.06 bits per heavy atom. The molecule has 1 amide bonds. The van der Waals surface area contributed by atoms with Gasteiger partial charge in [0.15, 0.2) is 5.65 Å². The first-order valence-corrected chi connectivity index (χ1v) is 6.03. The summed E-state index contributed by atoms with van der Waals surface area (Å²) in [5, 5.41) is 9.33. The van der Waals surface area contributed by atoms with Crippen molar-refractivity contribution in [2.24, 2.45) is 5.41 Å². The normalized spacial score (nSPS) is 11.8. The van der Waals surface area contributed by atoms with Crippen LogP contribution < -0.4 is 10.9 Å². The van der Waals surface area contributed by atoms with E-state index in [4.69, 9.17) is 0 Å². The monoisotopic (exact) mass is 313 g/mol. The second-order valence-corrected chi connectivity index (χ2v) is 5.65. The molecule has 0 spiro atoms. The standard InChI is InChI=1S/C10H12BrN5O2/c1-10(2,3)8(18)14-9-12-6-4(7(17)13-9)5(11)15-16-6/h1-3H3,(H3,12,13,14,15,16,17,18). The largest absolute Gasteiger partial charge is 0.296 e. The molecule has 0 fully saturated rings. The van der Waals surface area contributed by atoms with Crippen molar-refractivity contribution in [3.05, 3.63) is 15.0 Å². The van der Waals surface area contributed by atoms with Gasteiger partial charge in [-0.3, -0.25) is 25.0 Å². The fraction of sp³-hybridized carbons (Fsp3) is 0.400. The van der Waals surface area contributed by atoms with Crippen LogP contribution in [0, 0.1) is 5.41 Å². The number of nitrogens with one attached hydrogen (secondary N) is 3. The summed E-state index contributed by atoms with van der Waals surface area (Å²) < 4.78 is 0.458. The van der Waals surface area contributed by atoms with Crippen LogP contribution in [0.15, 0.2) is 9.40 Å². The number of H-pyrrole nitrogens is 2. The summed E-state index contributed by atoms with van der Waals surface area (Å²) in [7, 11) is 0. The Balaban J connectivity index is 2.42. The predicted molar refractivity (Wildman–Crippen MR) is 70.3 cm³/mol. The maximum absolute atomic E-state index is 11.8. The number of nitrogens with zero attached hydrogens (tertiary/aromatic N) is 2. The molecule has 0 unspecified atom stereocenters. The van der Waals surface area contributed by atoms with Crippen LogP contribution in [0.1, 0.15) is 20.8 Å². The van der Waals surface area contributed by atoms with Crippen LogP contribution in [0.4, 0.5) is 5.95 Å². The van der Waals surface area contributed by atoms with Crippen molar-refractivity contribution >= 4 is 38.8 Å². The van der Waals surface area contributed by atoms with Crippen LogP contribution >= 0.6 is 15.9 Å². The number of aromatic nitrogens is 4. The number of halogens is 1. The maximum Gasteiger partial charge on any atom is 0.264 e. The molecule has 0 atom stereocenters. The molecule has 2 rings (SSSR count). The lowest BCUT2D eigenvalue weighted by atomic mass is 9.96. The van der Waals surface area contributed by atoms with Crippen LogP contribution in [0.2, 0.25) is 0 Å². The molecule has 0 aliphatic rings. The van der Waals surface area contributed by atoms with Crippen LogP contribution in [0.25, 0.3) is 11.0 Å². The smallest absolute Gasteiger partial charge is 0.264 e. The SMILES string of the molecule is CC(C)(C)C(=O)Nc1nc2n[nH]c(Br)c2c(=O)[nH]1. The molecule has 2 aromatic heterocycles. The van der Waals surface area contributed by atoms with Gasteiger partial charge < -0.3 is 0 Å². The van der Waals surface area contributed by atoms with Gasteiger partial charge in [-0.15, -0.1) is 0 Å². The molecule has 96 valence electrons. The molecule has 8 heteroatoms. The third-order valence-corrected chi connectivity index (χ3v) is 2.87. The van der Waals surface area contributed by atoms with Crippen LogP contribution in [0.3, 0.4) is 0 Å². The minimum Gasteiger partial charge on any atom is -0.296 e. The van der Waals surface area contributed by atoms with Gasteiger partial charge in [-0.05, 0) is 15.9 Å². The zero-order chi connectivity index (χ0) is 13.5. The maximum atomic E-state index is 11.8. The van der Waals surface area contributed by atoms with E-state index in [2.05, 4.69) is 41.4 Å². The Labute approximate surface area is 111 Å². The van der Waals surface area contributed by atoms with E-state index in [0.29, 0.717) is 9.99 Å². The molecule has 0 aliphatic heterocycles. The van der Waals surface area contributed by atoms with Crippen LogP contribution in [0.5, 0.6) is 0 Å². The molecule has 2 aromatic rings. The first-order valence-electron chi connectivity index (χ1n) is 5.24. The summed E-state index contributed by atoms with van der Waals surface area (Å²) in [5.41, 5.74) is -0.695. The minimum atomic E-state index is -0.570. The molecular weight excluding hydrogens is 302 g/mol. The van der Waals surface area contributed by atoms with E-state index in [9.17, 15) is 9.59 Å². The zero-order valence-corrected chi connectivity index (χ0v) is 11.7. The van der Waals surface area contributed by atoms with Crippen molar-refractivity contribution in [2.75, 3.05) is 5.32 Å². The number of hydrogen-bond acceptors (Lipinski definition) is 4. The Bertz CT molecular complexity index is 667. The average Bonchev–Trinajstić information content (AvgIpc) is 2.59. The Morgan fingerprint density at radius 1 is 1.39 bits per heavy atom. The topological polar surface area (TPSA) is 104 Å². The van der Waals surface area contributed by atoms with Gasteiger partial charge >= 0.3 is 0 Å². The first kappa shape index (κ1) is 12.7. The molecule has 0 aromatic carbocycles. The summed E-state index contributed by atoms with van der Waals surface area (Å²) in [5.74, 6) is -0.147. The number of carbonyl (C=O) groups is 1. The number of carbonyl (C=O) groups excluding carboxylic acids is 1. The molecule has 3 N–H and O–H groups in total. The molecule has 0 saturated carbocycles. The Morgan fingerprint density at radius 3 is 2.67 bits per heavy atom. The molecule has 0 saturated heterocycles. The van der Waals surface area contributed by atoms with Gasteiger partial charge in [0, 0.05) is 5.41 Å². The van der Waals surface area contributed by atoms with Crippen molar-refractivity contribution < 1.29 is 4.79 Å². The van der Waals surface area contributed by atoms with Gasteiger partial charge in [0.1, 0.15) is 9.99 Å². The van der Waals surface area contributed by atoms with Crippen LogP contribution in [-0.4, -0.2) is 26.1 Å². The zero-order valence-electron chi connectivity index (χ0n) is 10.1. The molecule has 0 aliphatic carbocycles. The molecule has 0 radical (unpaired) electrons. The highest BCUT2D eigenvalue weighted by atomic mass is 79.9. The second kappa shape index (κ2) is 4.20. The number of rotatable bonds is 1. The van der Waals surface area contributed by atoms with Gasteiger partial charge in [0.05, 0.1) is 0 Å². The third kappa shape index (κ3) is 2.28. The highest BCUT2D eigenvalue weighted by Gasteiger charge is 2.22. The minimum absolute atomic E-state index is 0.0893. The summed E-state index contributed by atoms with van der Waals surface area (Å²) >= 11 is 3.16. The predicted octanol–water partition coefficient (Wildman–Crippen LogP) is 1.39. The van der Waals surface area contributed by atoms with Gasteiger partial charge in [-0.2, -0.15) is 10.1 Å². The van der Waals surface area contributed by atoms with Crippen molar-refractivity contribution in [3.8, 4) is 0 Å². The fourth-order valence-electron chi connectivity index (χ4n) is 1.25. The second-order valence-electron chi connectivity index (χ2n) is 4.85. The molecule has 0 bridgehead atoms. The summed E-state index contributed by atoms with van der Waals surface area (Å²) in [4.78, 5) is 30.1. The number of amides is 1. The fourth-order valence-corrected chi connectivity index (χ4v) is 1.70. The third-order valence-electron chi connectivity index (χ3n) is 2.29. The van der Waals surface area contributed by atoms with E-state index >= 15 is 0 Å². The van der Waals surface area contributed by atoms with E-state index in [1.165, 1.54) is 0 Å². The molecular formula is C10H12BrN5O2. The van der Waals surface area contributed by atoms with Gasteiger partial charge in [0.2, 0.25) is 11.9 Å². The van der Waals surface area contributed by atoms with E-state index in [-0.39, 0.29) is 23.1 Å². The lowest BCUT2D eigenvalue weighted by Gasteiger charge is -2.16. The van der Waals surface area contributed by atoms with Gasteiger partial charge in [0.25, 0.3) is 5.56 Å². The van der Waals surface area contributed by atoms with E-state index in [0.717, 1.165) is 0 Å². The lowest BCUT2D eigenvalue weighted by molar-refractivity contribution is -0.123. The summed E-state index contributed by atoms with van der Waals surface area (Å²) in [6.45, 7) is 5.30. The highest BCUT2D eigenvalue weighted by Crippen LogP contribution is 2.18. The summed E-state index contributed by atoms with van der Waals surface area (Å²) in [6, 6.07) is 0. The number of anilines is 1. The van der Waals surface area contributed by atoms with Gasteiger partial charge in [-0.25, -0.2) is 0 Å². The van der Waals surface area contributed by atoms with Crippen molar-refractivity contribution in [1.82, 2.24) is 20.2 Å². The van der Waals surface area contributed by atoms with Crippen molar-refractivity contribution in [1.29, 1.82) is 0 Å². The van der Waals surface area contributed by atoms with E-state index < -0.39 is 5.41 Å². The highest BCUT2D eigenvalue weighted by molar-refractivity contribution is 9.10. The molecule has 7 nitrogen and oxygen atoms in total. The van der Waals surface area contributed by atoms with Crippen molar-refractivity contribution in [2.45, 2.75) is 20.8 Å². The quantitative estimate of drug-likeness (QED) is 0.740. The van der Waals surface area contributed by atoms with Crippen molar-refractivity contribution in [3.63, 3.8) is 0 Å². The number of hydrogen-bond donors (Lipinski definition) is 3. The average molecular weight is 314 g/mol. The number of fused-ring (bicyclic) bond motifs is 1. The Hall–Kier alpha value is -1.70. The lowest BCUT2D eigenvalue weighted by Crippen LogP contribution is -2.29. The first-order chi connectivity index (χ1) is 8.29. The number of aromatic amines is 2. The van der Waals surface area contributed by atoms with E-state index in [1.807, 2.05) is 0 Å².